The summed E-state index contributed by atoms with van der Waals surface area (Å²) < 4.78 is 5.33. The molecule has 2 heterocycles. The molecule has 0 atom stereocenters. The minimum Gasteiger partial charge on any atom is -0.463 e. The van der Waals surface area contributed by atoms with Crippen molar-refractivity contribution >= 4 is 11.7 Å². The number of aromatic nitrogens is 2. The summed E-state index contributed by atoms with van der Waals surface area (Å²) in [5, 5.41) is 0.240. The Morgan fingerprint density at radius 3 is 3.00 bits per heavy atom. The first-order chi connectivity index (χ1) is 8.20. The van der Waals surface area contributed by atoms with Gasteiger partial charge in [0, 0.05) is 0 Å². The van der Waals surface area contributed by atoms with E-state index >= 15 is 0 Å². The highest BCUT2D eigenvalue weighted by Crippen LogP contribution is 2.00. The molecule has 0 aromatic carbocycles. The highest BCUT2D eigenvalue weighted by molar-refractivity contribution is 5.79. The molecule has 2 rings (SSSR count). The van der Waals surface area contributed by atoms with Gasteiger partial charge in [0.15, 0.2) is 16.7 Å². The van der Waals surface area contributed by atoms with Crippen LogP contribution in [-0.2, 0) is 4.79 Å². The minimum absolute atomic E-state index is 0.00213. The highest BCUT2D eigenvalue weighted by Gasteiger charge is 2.11. The zero-order valence-electron chi connectivity index (χ0n) is 9.51. The van der Waals surface area contributed by atoms with Crippen LogP contribution in [0.2, 0.25) is 0 Å². The Morgan fingerprint density at radius 1 is 1.41 bits per heavy atom. The van der Waals surface area contributed by atoms with Gasteiger partial charge in [0.25, 0.3) is 5.91 Å². The first-order valence-electron chi connectivity index (χ1n) is 5.43. The fraction of sp³-hybridized carbons (Fsp3) is 0.500. The summed E-state index contributed by atoms with van der Waals surface area (Å²) in [5.41, 5.74) is 5.99. The van der Waals surface area contributed by atoms with Crippen LogP contribution in [-0.4, -0.2) is 29.0 Å². The summed E-state index contributed by atoms with van der Waals surface area (Å²) in [6, 6.07) is 0.183. The molecule has 0 saturated heterocycles. The third-order valence-electron chi connectivity index (χ3n) is 2.20. The van der Waals surface area contributed by atoms with Gasteiger partial charge in [-0.2, -0.15) is 9.97 Å². The van der Waals surface area contributed by atoms with Crippen LogP contribution in [0.15, 0.2) is 9.98 Å². The monoisotopic (exact) mass is 235 g/mol. The lowest BCUT2D eigenvalue weighted by Gasteiger charge is -2.05. The number of nitrogens with two attached hydrogens (primary N) is 1. The number of ether oxygens (including phenoxy) is 1. The van der Waals surface area contributed by atoms with Gasteiger partial charge in [-0.15, -0.1) is 0 Å². The number of carbonyl (C=O) groups excluding carboxylic acids is 1. The Morgan fingerprint density at radius 2 is 2.24 bits per heavy atom. The average Bonchev–Trinajstić information content (AvgIpc) is 2.31. The van der Waals surface area contributed by atoms with Crippen LogP contribution in [0.25, 0.3) is 0 Å². The molecule has 1 aromatic rings. The van der Waals surface area contributed by atoms with E-state index < -0.39 is 0 Å². The topological polar surface area (TPSA) is 103 Å². The zero-order valence-corrected chi connectivity index (χ0v) is 9.51. The SMILES string of the molecule is CCCCOc1nc(N)c2c(n1)=NCC(=O)N=2. The number of amides is 1. The van der Waals surface area contributed by atoms with Gasteiger partial charge in [0.2, 0.25) is 0 Å². The number of carbonyl (C=O) groups is 1. The molecule has 0 bridgehead atoms. The van der Waals surface area contributed by atoms with E-state index in [-0.39, 0.29) is 29.6 Å². The second kappa shape index (κ2) is 4.86. The minimum atomic E-state index is -0.340. The molecular formula is C10H13N5O2. The van der Waals surface area contributed by atoms with Gasteiger partial charge in [-0.05, 0) is 6.42 Å². The molecule has 1 aliphatic rings. The van der Waals surface area contributed by atoms with E-state index in [0.29, 0.717) is 12.1 Å². The molecule has 0 spiro atoms. The van der Waals surface area contributed by atoms with Crippen LogP contribution >= 0.6 is 0 Å². The molecule has 0 aliphatic carbocycles. The number of fused-ring (bicyclic) bond motifs is 1. The molecule has 1 aromatic heterocycles. The molecule has 0 saturated carbocycles. The van der Waals surface area contributed by atoms with E-state index in [1.165, 1.54) is 0 Å². The van der Waals surface area contributed by atoms with Gasteiger partial charge in [0.1, 0.15) is 6.54 Å². The van der Waals surface area contributed by atoms with E-state index in [9.17, 15) is 4.79 Å². The normalized spacial score (nSPS) is 13.6. The van der Waals surface area contributed by atoms with Crippen LogP contribution in [0.3, 0.4) is 0 Å². The average molecular weight is 235 g/mol. The van der Waals surface area contributed by atoms with E-state index in [1.54, 1.807) is 0 Å². The Hall–Kier alpha value is -2.05. The summed E-state index contributed by atoms with van der Waals surface area (Å²) >= 11 is 0. The lowest BCUT2D eigenvalue weighted by molar-refractivity contribution is -0.116. The van der Waals surface area contributed by atoms with Crippen LogP contribution < -0.4 is 21.3 Å². The Bertz CT molecular complexity index is 555. The van der Waals surface area contributed by atoms with Crippen molar-refractivity contribution in [2.45, 2.75) is 19.8 Å². The van der Waals surface area contributed by atoms with Gasteiger partial charge in [-0.3, -0.25) is 9.79 Å². The Kier molecular flexibility index (Phi) is 3.27. The second-order valence-corrected chi connectivity index (χ2v) is 3.59. The van der Waals surface area contributed by atoms with Crippen LogP contribution in [0.5, 0.6) is 6.01 Å². The number of rotatable bonds is 4. The van der Waals surface area contributed by atoms with Crippen LogP contribution in [0.4, 0.5) is 5.82 Å². The fourth-order valence-corrected chi connectivity index (χ4v) is 1.33. The molecule has 7 nitrogen and oxygen atoms in total. The number of unbranched alkanes of at least 4 members (excludes halogenated alkanes) is 1. The lowest BCUT2D eigenvalue weighted by atomic mass is 10.4. The summed E-state index contributed by atoms with van der Waals surface area (Å²) in [5.74, 6) is -0.217. The second-order valence-electron chi connectivity index (χ2n) is 3.59. The molecule has 2 N–H and O–H groups in total. The molecule has 1 aliphatic heterocycles. The number of hydrogen-bond donors (Lipinski definition) is 1. The predicted molar refractivity (Wildman–Crippen MR) is 59.0 cm³/mol. The largest absolute Gasteiger partial charge is 0.463 e. The van der Waals surface area contributed by atoms with Crippen LogP contribution in [0, 0.1) is 0 Å². The molecule has 1 amide bonds. The lowest BCUT2D eigenvalue weighted by Crippen LogP contribution is -2.38. The number of anilines is 1. The maximum Gasteiger partial charge on any atom is 0.320 e. The molecule has 0 fully saturated rings. The standard InChI is InChI=1S/C10H13N5O2/c1-2-3-4-17-10-14-8(11)7-9(15-10)12-5-6(16)13-7/h2-5H2,1H3,(H2,11,12,14,15). The summed E-state index contributed by atoms with van der Waals surface area (Å²) in [6.07, 6.45) is 1.94. The van der Waals surface area contributed by atoms with Gasteiger partial charge in [-0.1, -0.05) is 13.3 Å². The smallest absolute Gasteiger partial charge is 0.320 e. The van der Waals surface area contributed by atoms with E-state index in [2.05, 4.69) is 26.9 Å². The van der Waals surface area contributed by atoms with Gasteiger partial charge in [0.05, 0.1) is 6.61 Å². The van der Waals surface area contributed by atoms with E-state index in [0.717, 1.165) is 12.8 Å². The quantitative estimate of drug-likeness (QED) is 0.675. The van der Waals surface area contributed by atoms with Crippen molar-refractivity contribution in [2.75, 3.05) is 18.9 Å². The summed E-state index contributed by atoms with van der Waals surface area (Å²) in [7, 11) is 0. The Balaban J connectivity index is 2.32. The number of nitrogens with zero attached hydrogens (tertiary/aromatic N) is 4. The first kappa shape index (κ1) is 11.4. The van der Waals surface area contributed by atoms with Crippen molar-refractivity contribution in [3.05, 3.63) is 10.8 Å². The molecule has 90 valence electrons. The Labute approximate surface area is 97.5 Å². The third kappa shape index (κ3) is 2.55. The molecular weight excluding hydrogens is 222 g/mol. The molecule has 0 radical (unpaired) electrons. The number of hydrogen-bond acceptors (Lipinski definition) is 6. The third-order valence-corrected chi connectivity index (χ3v) is 2.20. The maximum absolute atomic E-state index is 11.1. The van der Waals surface area contributed by atoms with Crippen molar-refractivity contribution in [3.63, 3.8) is 0 Å². The first-order valence-corrected chi connectivity index (χ1v) is 5.43. The van der Waals surface area contributed by atoms with Crippen molar-refractivity contribution in [1.82, 2.24) is 9.97 Å². The van der Waals surface area contributed by atoms with Crippen molar-refractivity contribution in [1.29, 1.82) is 0 Å². The van der Waals surface area contributed by atoms with Crippen molar-refractivity contribution in [2.24, 2.45) is 9.98 Å². The number of nitrogen functional groups attached to an aromatic ring is 1. The van der Waals surface area contributed by atoms with Gasteiger partial charge < -0.3 is 10.5 Å². The summed E-state index contributed by atoms with van der Waals surface area (Å²) in [6.45, 7) is 2.59. The highest BCUT2D eigenvalue weighted by atomic mass is 16.5. The molecule has 0 unspecified atom stereocenters. The zero-order chi connectivity index (χ0) is 12.3. The van der Waals surface area contributed by atoms with E-state index in [1.807, 2.05) is 0 Å². The van der Waals surface area contributed by atoms with Gasteiger partial charge >= 0.3 is 6.01 Å². The molecule has 7 heteroatoms. The summed E-state index contributed by atoms with van der Waals surface area (Å²) in [4.78, 5) is 26.8. The van der Waals surface area contributed by atoms with E-state index in [4.69, 9.17) is 10.5 Å². The van der Waals surface area contributed by atoms with Crippen molar-refractivity contribution < 1.29 is 9.53 Å². The maximum atomic E-state index is 11.1. The van der Waals surface area contributed by atoms with Crippen LogP contribution in [0.1, 0.15) is 19.8 Å². The van der Waals surface area contributed by atoms with Gasteiger partial charge in [-0.25, -0.2) is 4.99 Å². The fourth-order valence-electron chi connectivity index (χ4n) is 1.33. The van der Waals surface area contributed by atoms with Crippen molar-refractivity contribution in [3.8, 4) is 6.01 Å². The predicted octanol–water partition coefficient (Wildman–Crippen LogP) is -0.983. The molecule has 17 heavy (non-hydrogen) atoms.